The Morgan fingerprint density at radius 2 is 2.07 bits per heavy atom. The third-order valence-electron chi connectivity index (χ3n) is 1.95. The van der Waals surface area contributed by atoms with Gasteiger partial charge in [0.2, 0.25) is 5.71 Å². The van der Waals surface area contributed by atoms with Gasteiger partial charge < -0.3 is 8.83 Å². The third kappa shape index (κ3) is 1.45. The number of rotatable bonds is 1. The van der Waals surface area contributed by atoms with Crippen LogP contribution in [0.5, 0.6) is 0 Å². The van der Waals surface area contributed by atoms with Gasteiger partial charge in [0, 0.05) is 6.20 Å². The lowest BCUT2D eigenvalue weighted by atomic mass is 10.4. The maximum absolute atomic E-state index is 5.43. The molecule has 0 amide bonds. The van der Waals surface area contributed by atoms with E-state index in [9.17, 15) is 0 Å². The predicted octanol–water partition coefficient (Wildman–Crippen LogP) is 3.25. The highest BCUT2D eigenvalue weighted by Crippen LogP contribution is 2.26. The summed E-state index contributed by atoms with van der Waals surface area (Å²) in [5, 5.41) is 0. The Labute approximate surface area is 93.1 Å². The molecule has 5 heteroatoms. The average Bonchev–Trinajstić information content (AvgIpc) is 2.82. The second-order valence-electron chi connectivity index (χ2n) is 2.95. The summed E-state index contributed by atoms with van der Waals surface area (Å²) in [5.74, 6) is 1.02. The highest BCUT2D eigenvalue weighted by Gasteiger charge is 2.11. The van der Waals surface area contributed by atoms with E-state index in [1.54, 1.807) is 18.3 Å². The molecule has 0 aliphatic rings. The number of pyridine rings is 1. The maximum Gasteiger partial charge on any atom is 0.265 e. The van der Waals surface area contributed by atoms with Gasteiger partial charge in [-0.05, 0) is 40.2 Å². The van der Waals surface area contributed by atoms with Crippen molar-refractivity contribution in [3.05, 3.63) is 35.1 Å². The number of nitrogens with zero attached hydrogens (tertiary/aromatic N) is 2. The van der Waals surface area contributed by atoms with Crippen LogP contribution >= 0.6 is 15.9 Å². The smallest absolute Gasteiger partial charge is 0.265 e. The molecule has 3 heterocycles. The van der Waals surface area contributed by atoms with Gasteiger partial charge >= 0.3 is 0 Å². The molecular weight excluding hydrogens is 260 g/mol. The summed E-state index contributed by atoms with van der Waals surface area (Å²) in [6, 6.07) is 7.23. The zero-order valence-corrected chi connectivity index (χ0v) is 9.06. The minimum absolute atomic E-state index is 0.439. The molecule has 0 aromatic carbocycles. The second-order valence-corrected chi connectivity index (χ2v) is 3.73. The molecule has 4 nitrogen and oxygen atoms in total. The van der Waals surface area contributed by atoms with Crippen LogP contribution in [0.2, 0.25) is 0 Å². The van der Waals surface area contributed by atoms with Gasteiger partial charge in [0.05, 0.1) is 0 Å². The Bertz CT molecular complexity index is 581. The Morgan fingerprint density at radius 1 is 1.13 bits per heavy atom. The lowest BCUT2D eigenvalue weighted by Gasteiger charge is -1.84. The summed E-state index contributed by atoms with van der Waals surface area (Å²) < 4.78 is 11.4. The summed E-state index contributed by atoms with van der Waals surface area (Å²) in [6.07, 6.45) is 1.66. The van der Waals surface area contributed by atoms with E-state index in [0.717, 1.165) is 5.52 Å². The maximum atomic E-state index is 5.43. The van der Waals surface area contributed by atoms with Crippen molar-refractivity contribution in [3.8, 4) is 11.7 Å². The van der Waals surface area contributed by atoms with E-state index in [1.807, 2.05) is 12.1 Å². The molecule has 0 spiro atoms. The zero-order chi connectivity index (χ0) is 10.3. The highest BCUT2D eigenvalue weighted by molar-refractivity contribution is 9.10. The molecule has 15 heavy (non-hydrogen) atoms. The van der Waals surface area contributed by atoms with Crippen molar-refractivity contribution >= 4 is 27.2 Å². The van der Waals surface area contributed by atoms with E-state index >= 15 is 0 Å². The fourth-order valence-corrected chi connectivity index (χ4v) is 1.61. The van der Waals surface area contributed by atoms with Gasteiger partial charge in [0.1, 0.15) is 5.52 Å². The number of halogens is 1. The molecule has 0 aliphatic heterocycles. The quantitative estimate of drug-likeness (QED) is 0.677. The number of furan rings is 1. The zero-order valence-electron chi connectivity index (χ0n) is 7.48. The van der Waals surface area contributed by atoms with Crippen LogP contribution in [-0.4, -0.2) is 9.97 Å². The summed E-state index contributed by atoms with van der Waals surface area (Å²) in [4.78, 5) is 8.30. The van der Waals surface area contributed by atoms with Gasteiger partial charge in [-0.25, -0.2) is 9.97 Å². The number of fused-ring (bicyclic) bond motifs is 1. The van der Waals surface area contributed by atoms with Crippen LogP contribution in [0.1, 0.15) is 0 Å². The standard InChI is InChI=1S/C10H5BrN2O2/c11-8-4-3-7(14-8)10-13-6-2-1-5-12-9(6)15-10/h1-5H. The van der Waals surface area contributed by atoms with Crippen LogP contribution in [0.25, 0.3) is 22.9 Å². The normalized spacial score (nSPS) is 11.0. The van der Waals surface area contributed by atoms with Crippen molar-refractivity contribution < 1.29 is 8.83 Å². The minimum atomic E-state index is 0.439. The molecular formula is C10H5BrN2O2. The van der Waals surface area contributed by atoms with Gasteiger partial charge in [-0.2, -0.15) is 0 Å². The molecule has 0 fully saturated rings. The predicted molar refractivity (Wildman–Crippen MR) is 57.2 cm³/mol. The Hall–Kier alpha value is -1.62. The molecule has 3 rings (SSSR count). The van der Waals surface area contributed by atoms with Crippen molar-refractivity contribution in [2.75, 3.05) is 0 Å². The molecule has 0 atom stereocenters. The molecule has 3 aromatic heterocycles. The van der Waals surface area contributed by atoms with E-state index in [4.69, 9.17) is 8.83 Å². The fraction of sp³-hybridized carbons (Fsp3) is 0. The molecule has 0 unspecified atom stereocenters. The van der Waals surface area contributed by atoms with Crippen molar-refractivity contribution in [2.45, 2.75) is 0 Å². The van der Waals surface area contributed by atoms with Crippen molar-refractivity contribution in [2.24, 2.45) is 0 Å². The van der Waals surface area contributed by atoms with Gasteiger partial charge in [0.15, 0.2) is 10.4 Å². The molecule has 3 aromatic rings. The fourth-order valence-electron chi connectivity index (χ4n) is 1.30. The van der Waals surface area contributed by atoms with Crippen molar-refractivity contribution in [1.82, 2.24) is 9.97 Å². The van der Waals surface area contributed by atoms with Gasteiger partial charge in [-0.1, -0.05) is 0 Å². The second kappa shape index (κ2) is 3.20. The SMILES string of the molecule is Brc1ccc(-c2nc3cccnc3o2)o1. The lowest BCUT2D eigenvalue weighted by molar-refractivity contribution is 0.515. The van der Waals surface area contributed by atoms with Crippen LogP contribution < -0.4 is 0 Å². The van der Waals surface area contributed by atoms with Crippen LogP contribution in [0.3, 0.4) is 0 Å². The number of oxazole rings is 1. The Kier molecular flexibility index (Phi) is 1.85. The van der Waals surface area contributed by atoms with E-state index < -0.39 is 0 Å². The van der Waals surface area contributed by atoms with E-state index in [2.05, 4.69) is 25.9 Å². The molecule has 0 aliphatic carbocycles. The summed E-state index contributed by atoms with van der Waals surface area (Å²) in [6.45, 7) is 0. The van der Waals surface area contributed by atoms with E-state index in [0.29, 0.717) is 22.0 Å². The monoisotopic (exact) mass is 264 g/mol. The van der Waals surface area contributed by atoms with Crippen molar-refractivity contribution in [1.29, 1.82) is 0 Å². The van der Waals surface area contributed by atoms with E-state index in [1.165, 1.54) is 0 Å². The average molecular weight is 265 g/mol. The summed E-state index contributed by atoms with van der Waals surface area (Å²) in [5.41, 5.74) is 1.24. The minimum Gasteiger partial charge on any atom is -0.444 e. The highest BCUT2D eigenvalue weighted by atomic mass is 79.9. The van der Waals surface area contributed by atoms with Gasteiger partial charge in [-0.15, -0.1) is 0 Å². The van der Waals surface area contributed by atoms with Gasteiger partial charge in [0.25, 0.3) is 5.89 Å². The molecule has 0 saturated heterocycles. The topological polar surface area (TPSA) is 52.1 Å². The first kappa shape index (κ1) is 8.67. The molecule has 0 N–H and O–H groups in total. The van der Waals surface area contributed by atoms with Crippen LogP contribution in [-0.2, 0) is 0 Å². The van der Waals surface area contributed by atoms with Crippen LogP contribution in [0.15, 0.2) is 44.0 Å². The summed E-state index contributed by atoms with van der Waals surface area (Å²) >= 11 is 3.22. The first-order chi connectivity index (χ1) is 7.33. The first-order valence-corrected chi connectivity index (χ1v) is 5.09. The molecule has 0 bridgehead atoms. The molecule has 74 valence electrons. The van der Waals surface area contributed by atoms with Gasteiger partial charge in [-0.3, -0.25) is 0 Å². The largest absolute Gasteiger partial charge is 0.444 e. The first-order valence-electron chi connectivity index (χ1n) is 4.30. The number of hydrogen-bond donors (Lipinski definition) is 0. The van der Waals surface area contributed by atoms with E-state index in [-0.39, 0.29) is 0 Å². The Balaban J connectivity index is 2.19. The molecule has 0 radical (unpaired) electrons. The van der Waals surface area contributed by atoms with Crippen molar-refractivity contribution in [3.63, 3.8) is 0 Å². The lowest BCUT2D eigenvalue weighted by Crippen LogP contribution is -1.71. The van der Waals surface area contributed by atoms with Crippen LogP contribution in [0, 0.1) is 0 Å². The number of hydrogen-bond acceptors (Lipinski definition) is 4. The summed E-state index contributed by atoms with van der Waals surface area (Å²) in [7, 11) is 0. The molecule has 0 saturated carbocycles. The number of aromatic nitrogens is 2. The van der Waals surface area contributed by atoms with Crippen LogP contribution in [0.4, 0.5) is 0 Å². The third-order valence-corrected chi connectivity index (χ3v) is 2.38. The Morgan fingerprint density at radius 3 is 2.80 bits per heavy atom.